The van der Waals surface area contributed by atoms with Crippen molar-refractivity contribution in [3.8, 4) is 0 Å². The molecular weight excluding hydrogens is 326 g/mol. The Labute approximate surface area is 107 Å². The van der Waals surface area contributed by atoms with Crippen LogP contribution in [-0.4, -0.2) is 10.9 Å². The minimum absolute atomic E-state index is 0.560. The third-order valence-electron chi connectivity index (χ3n) is 1.93. The van der Waals surface area contributed by atoms with Crippen molar-refractivity contribution in [2.24, 2.45) is 0 Å². The summed E-state index contributed by atoms with van der Waals surface area (Å²) in [5.74, 6) is 0. The van der Waals surface area contributed by atoms with E-state index in [0.29, 0.717) is 10.9 Å². The van der Waals surface area contributed by atoms with Crippen LogP contribution in [-0.2, 0) is 6.54 Å². The van der Waals surface area contributed by atoms with Crippen molar-refractivity contribution in [3.05, 3.63) is 20.8 Å². The Morgan fingerprint density at radius 2 is 2.14 bits per heavy atom. The molecule has 2 atom stereocenters. The van der Waals surface area contributed by atoms with Crippen molar-refractivity contribution < 1.29 is 0 Å². The van der Waals surface area contributed by atoms with E-state index in [0.717, 1.165) is 13.0 Å². The zero-order valence-electron chi connectivity index (χ0n) is 8.39. The second kappa shape index (κ2) is 6.26. The van der Waals surface area contributed by atoms with Crippen molar-refractivity contribution in [3.63, 3.8) is 0 Å². The summed E-state index contributed by atoms with van der Waals surface area (Å²) >= 11 is 8.81. The number of hydrogen-bond donors (Lipinski definition) is 1. The molecule has 0 aliphatic carbocycles. The minimum Gasteiger partial charge on any atom is -0.309 e. The lowest BCUT2D eigenvalue weighted by molar-refractivity contribution is 0.518. The van der Waals surface area contributed by atoms with Crippen molar-refractivity contribution in [1.82, 2.24) is 5.32 Å². The monoisotopic (exact) mass is 339 g/mol. The van der Waals surface area contributed by atoms with Crippen LogP contribution in [0.5, 0.6) is 0 Å². The fourth-order valence-corrected chi connectivity index (χ4v) is 3.29. The molecule has 1 rings (SSSR count). The van der Waals surface area contributed by atoms with Crippen molar-refractivity contribution in [1.29, 1.82) is 0 Å². The van der Waals surface area contributed by atoms with E-state index in [-0.39, 0.29) is 0 Å². The maximum Gasteiger partial charge on any atom is 0.0701 e. The van der Waals surface area contributed by atoms with E-state index in [1.807, 2.05) is 0 Å². The Hall–Kier alpha value is 0.620. The number of thiophene rings is 1. The van der Waals surface area contributed by atoms with Gasteiger partial charge < -0.3 is 5.32 Å². The summed E-state index contributed by atoms with van der Waals surface area (Å²) in [4.78, 5) is 1.96. The molecule has 0 saturated heterocycles. The molecule has 1 N–H and O–H groups in total. The van der Waals surface area contributed by atoms with Crippen LogP contribution in [0.15, 0.2) is 15.9 Å². The lowest BCUT2D eigenvalue weighted by Crippen LogP contribution is -2.27. The summed E-state index contributed by atoms with van der Waals surface area (Å²) in [6.45, 7) is 5.37. The second-order valence-electron chi connectivity index (χ2n) is 3.50. The highest BCUT2D eigenvalue weighted by atomic mass is 79.9. The first kappa shape index (κ1) is 12.7. The number of rotatable bonds is 5. The van der Waals surface area contributed by atoms with Gasteiger partial charge in [0.25, 0.3) is 0 Å². The summed E-state index contributed by atoms with van der Waals surface area (Å²) in [6.07, 6.45) is 1.16. The van der Waals surface area contributed by atoms with Crippen LogP contribution >= 0.6 is 43.2 Å². The van der Waals surface area contributed by atoms with Crippen molar-refractivity contribution >= 4 is 43.2 Å². The number of hydrogen-bond acceptors (Lipinski definition) is 2. The molecule has 0 radical (unpaired) electrons. The third-order valence-corrected chi connectivity index (χ3v) is 3.93. The SMILES string of the molecule is CC(Br)CC(C)NCc1ccc(Br)s1. The quantitative estimate of drug-likeness (QED) is 0.793. The van der Waals surface area contributed by atoms with Crippen LogP contribution < -0.4 is 5.32 Å². The van der Waals surface area contributed by atoms with Crippen molar-refractivity contribution in [2.75, 3.05) is 0 Å². The maximum atomic E-state index is 3.56. The summed E-state index contributed by atoms with van der Waals surface area (Å²) < 4.78 is 1.20. The molecule has 0 aliphatic heterocycles. The predicted octanol–water partition coefficient (Wildman–Crippen LogP) is 4.16. The molecule has 0 fully saturated rings. The van der Waals surface area contributed by atoms with Crippen LogP contribution in [0, 0.1) is 0 Å². The molecule has 1 heterocycles. The van der Waals surface area contributed by atoms with Gasteiger partial charge in [-0.25, -0.2) is 0 Å². The first-order valence-electron chi connectivity index (χ1n) is 4.69. The Morgan fingerprint density at radius 1 is 1.43 bits per heavy atom. The predicted molar refractivity (Wildman–Crippen MR) is 71.3 cm³/mol. The molecule has 0 saturated carbocycles. The molecular formula is C10H15Br2NS. The Balaban J connectivity index is 2.26. The van der Waals surface area contributed by atoms with Gasteiger partial charge in [0, 0.05) is 22.3 Å². The lowest BCUT2D eigenvalue weighted by Gasteiger charge is -2.14. The summed E-state index contributed by atoms with van der Waals surface area (Å²) in [7, 11) is 0. The normalized spacial score (nSPS) is 15.4. The van der Waals surface area contributed by atoms with Gasteiger partial charge in [0.05, 0.1) is 3.79 Å². The fourth-order valence-electron chi connectivity index (χ4n) is 1.29. The molecule has 1 aromatic heterocycles. The highest BCUT2D eigenvalue weighted by Gasteiger charge is 2.05. The summed E-state index contributed by atoms with van der Waals surface area (Å²) in [5.41, 5.74) is 0. The maximum absolute atomic E-state index is 3.56. The van der Waals surface area contributed by atoms with Crippen LogP contribution in [0.25, 0.3) is 0 Å². The summed E-state index contributed by atoms with van der Waals surface area (Å²) in [5, 5.41) is 3.50. The zero-order valence-corrected chi connectivity index (χ0v) is 12.4. The fraction of sp³-hybridized carbons (Fsp3) is 0.600. The van der Waals surface area contributed by atoms with Gasteiger partial charge in [-0.05, 0) is 41.4 Å². The topological polar surface area (TPSA) is 12.0 Å². The first-order chi connectivity index (χ1) is 6.58. The average Bonchev–Trinajstić information content (AvgIpc) is 2.47. The molecule has 0 aliphatic rings. The molecule has 0 bridgehead atoms. The number of halogens is 2. The van der Waals surface area contributed by atoms with Gasteiger partial charge in [-0.3, -0.25) is 0 Å². The van der Waals surface area contributed by atoms with Gasteiger partial charge in [-0.2, -0.15) is 0 Å². The minimum atomic E-state index is 0.560. The number of nitrogens with one attached hydrogen (secondary N) is 1. The van der Waals surface area contributed by atoms with Crippen LogP contribution in [0.4, 0.5) is 0 Å². The van der Waals surface area contributed by atoms with Gasteiger partial charge in [0.2, 0.25) is 0 Å². The standard InChI is InChI=1S/C10H15Br2NS/c1-7(11)5-8(2)13-6-9-3-4-10(12)14-9/h3-4,7-8,13H,5-6H2,1-2H3. The van der Waals surface area contributed by atoms with Crippen molar-refractivity contribution in [2.45, 2.75) is 37.7 Å². The average molecular weight is 341 g/mol. The highest BCUT2D eigenvalue weighted by Crippen LogP contribution is 2.22. The highest BCUT2D eigenvalue weighted by molar-refractivity contribution is 9.11. The molecule has 1 aromatic rings. The van der Waals surface area contributed by atoms with E-state index in [1.54, 1.807) is 11.3 Å². The van der Waals surface area contributed by atoms with E-state index in [2.05, 4.69) is 63.2 Å². The third kappa shape index (κ3) is 4.91. The number of alkyl halides is 1. The molecule has 14 heavy (non-hydrogen) atoms. The van der Waals surface area contributed by atoms with Gasteiger partial charge in [-0.15, -0.1) is 11.3 Å². The molecule has 0 amide bonds. The molecule has 0 aromatic carbocycles. The van der Waals surface area contributed by atoms with Gasteiger partial charge in [-0.1, -0.05) is 22.9 Å². The molecule has 0 spiro atoms. The molecule has 2 unspecified atom stereocenters. The van der Waals surface area contributed by atoms with Crippen LogP contribution in [0.1, 0.15) is 25.1 Å². The van der Waals surface area contributed by atoms with Gasteiger partial charge in [0.1, 0.15) is 0 Å². The molecule has 1 nitrogen and oxygen atoms in total. The molecule has 80 valence electrons. The molecule has 4 heteroatoms. The first-order valence-corrected chi connectivity index (χ1v) is 7.22. The smallest absolute Gasteiger partial charge is 0.0701 e. The van der Waals surface area contributed by atoms with E-state index < -0.39 is 0 Å². The Morgan fingerprint density at radius 3 is 2.64 bits per heavy atom. The van der Waals surface area contributed by atoms with Crippen LogP contribution in [0.3, 0.4) is 0 Å². The summed E-state index contributed by atoms with van der Waals surface area (Å²) in [6, 6.07) is 4.82. The van der Waals surface area contributed by atoms with E-state index >= 15 is 0 Å². The second-order valence-corrected chi connectivity index (χ2v) is 7.61. The van der Waals surface area contributed by atoms with Crippen LogP contribution in [0.2, 0.25) is 0 Å². The lowest BCUT2D eigenvalue weighted by atomic mass is 10.2. The van der Waals surface area contributed by atoms with E-state index in [9.17, 15) is 0 Å². The van der Waals surface area contributed by atoms with E-state index in [4.69, 9.17) is 0 Å². The van der Waals surface area contributed by atoms with E-state index in [1.165, 1.54) is 8.66 Å². The zero-order chi connectivity index (χ0) is 10.6. The Bertz CT molecular complexity index is 273. The van der Waals surface area contributed by atoms with Gasteiger partial charge >= 0.3 is 0 Å². The van der Waals surface area contributed by atoms with Gasteiger partial charge in [0.15, 0.2) is 0 Å². The Kier molecular flexibility index (Phi) is 5.67. The largest absolute Gasteiger partial charge is 0.309 e.